The Balaban J connectivity index is 1.87. The van der Waals surface area contributed by atoms with E-state index in [1.165, 1.54) is 18.2 Å². The summed E-state index contributed by atoms with van der Waals surface area (Å²) >= 11 is 0. The first kappa shape index (κ1) is 27.9. The smallest absolute Gasteiger partial charge is 0.303 e. The Morgan fingerprint density at radius 1 is 0.973 bits per heavy atom. The summed E-state index contributed by atoms with van der Waals surface area (Å²) in [5, 5.41) is 30.7. The van der Waals surface area contributed by atoms with Crippen molar-refractivity contribution in [2.75, 3.05) is 13.7 Å². The van der Waals surface area contributed by atoms with Crippen LogP contribution in [0.1, 0.15) is 36.2 Å². The molecule has 1 fully saturated rings. The van der Waals surface area contributed by atoms with Gasteiger partial charge in [0.1, 0.15) is 35.0 Å². The number of phenolic OH excluding ortho intramolecular Hbond substituents is 1. The fraction of sp³-hybridized carbons (Fsp3) is 0.423. The van der Waals surface area contributed by atoms with Crippen molar-refractivity contribution in [1.29, 1.82) is 0 Å². The average Bonchev–Trinajstić information content (AvgIpc) is 2.86. The van der Waals surface area contributed by atoms with Crippen molar-refractivity contribution in [2.45, 2.75) is 57.4 Å². The number of phenols is 1. The van der Waals surface area contributed by atoms with Crippen molar-refractivity contribution in [1.82, 2.24) is 0 Å². The molecule has 0 amide bonds. The largest absolute Gasteiger partial charge is 0.507 e. The fourth-order valence-electron chi connectivity index (χ4n) is 3.98. The molecule has 0 aliphatic carbocycles. The van der Waals surface area contributed by atoms with Crippen LogP contribution in [0.5, 0.6) is 17.2 Å². The van der Waals surface area contributed by atoms with Gasteiger partial charge in [-0.25, -0.2) is 0 Å². The average molecular weight is 519 g/mol. The molecule has 1 aliphatic heterocycles. The van der Waals surface area contributed by atoms with Gasteiger partial charge in [0.25, 0.3) is 0 Å². The number of aliphatic hydroxyl groups is 2. The predicted octanol–water partition coefficient (Wildman–Crippen LogP) is 1.54. The number of methoxy groups -OCH3 is 1. The molecule has 3 N–H and O–H groups in total. The van der Waals surface area contributed by atoms with Gasteiger partial charge in [0.2, 0.25) is 12.4 Å². The first-order valence-corrected chi connectivity index (χ1v) is 11.6. The quantitative estimate of drug-likeness (QED) is 0.309. The van der Waals surface area contributed by atoms with Crippen molar-refractivity contribution in [3.8, 4) is 17.2 Å². The molecule has 1 aliphatic rings. The van der Waals surface area contributed by atoms with Gasteiger partial charge in [-0.05, 0) is 36.2 Å². The third-order valence-electron chi connectivity index (χ3n) is 5.73. The molecule has 2 aromatic rings. The van der Waals surface area contributed by atoms with Crippen molar-refractivity contribution in [2.24, 2.45) is 0 Å². The molecule has 0 aromatic heterocycles. The highest BCUT2D eigenvalue weighted by atomic mass is 16.7. The Hall–Kier alpha value is -3.67. The van der Waals surface area contributed by atoms with Crippen LogP contribution in [0.4, 0.5) is 0 Å². The zero-order chi connectivity index (χ0) is 27.1. The van der Waals surface area contributed by atoms with Crippen LogP contribution < -0.4 is 9.47 Å². The van der Waals surface area contributed by atoms with E-state index in [-0.39, 0.29) is 23.5 Å². The predicted molar refractivity (Wildman–Crippen MR) is 127 cm³/mol. The molecule has 0 unspecified atom stereocenters. The van der Waals surface area contributed by atoms with Gasteiger partial charge in [-0.2, -0.15) is 0 Å². The summed E-state index contributed by atoms with van der Waals surface area (Å²) in [6.45, 7) is 1.54. The minimum atomic E-state index is -1.53. The minimum Gasteiger partial charge on any atom is -0.507 e. The molecule has 3 rings (SSSR count). The molecule has 37 heavy (non-hydrogen) atoms. The lowest BCUT2D eigenvalue weighted by atomic mass is 9.98. The van der Waals surface area contributed by atoms with E-state index in [0.29, 0.717) is 12.2 Å². The van der Waals surface area contributed by atoms with Crippen molar-refractivity contribution >= 4 is 17.7 Å². The highest BCUT2D eigenvalue weighted by Crippen LogP contribution is 2.34. The Labute approximate surface area is 213 Å². The summed E-state index contributed by atoms with van der Waals surface area (Å²) in [7, 11) is 1.55. The highest BCUT2D eigenvalue weighted by Gasteiger charge is 2.50. The maximum atomic E-state index is 13.1. The zero-order valence-corrected chi connectivity index (χ0v) is 20.7. The number of carbonyl (C=O) groups excluding carboxylic acids is 3. The monoisotopic (exact) mass is 518 g/mol. The van der Waals surface area contributed by atoms with Crippen LogP contribution in [0.15, 0.2) is 42.5 Å². The number of rotatable bonds is 10. The van der Waals surface area contributed by atoms with Gasteiger partial charge >= 0.3 is 11.9 Å². The third-order valence-corrected chi connectivity index (χ3v) is 5.73. The number of esters is 2. The second-order valence-corrected chi connectivity index (χ2v) is 8.40. The van der Waals surface area contributed by atoms with Crippen LogP contribution in [0.3, 0.4) is 0 Å². The van der Waals surface area contributed by atoms with E-state index < -0.39 is 55.0 Å². The number of aryl methyl sites for hydroxylation is 1. The van der Waals surface area contributed by atoms with E-state index >= 15 is 0 Å². The van der Waals surface area contributed by atoms with Gasteiger partial charge in [-0.3, -0.25) is 14.4 Å². The number of ether oxygens (including phenoxy) is 5. The van der Waals surface area contributed by atoms with Crippen LogP contribution in [0, 0.1) is 0 Å². The lowest BCUT2D eigenvalue weighted by Gasteiger charge is -2.42. The highest BCUT2D eigenvalue weighted by molar-refractivity contribution is 6.01. The van der Waals surface area contributed by atoms with Gasteiger partial charge < -0.3 is 39.0 Å². The number of aromatic hydroxyl groups is 1. The number of benzene rings is 2. The molecule has 11 heteroatoms. The standard InChI is InChI=1S/C26H30O11/c1-14(28)34-24-23(32)21(13-27)37-26(25(24)35-15(2)29)36-20-6-4-5-18(30)22(20)19(31)12-9-16-7-10-17(33-3)11-8-16/h4-8,10-11,21,23-27,30,32H,9,12-13H2,1-3H3/t21-,23-,24+,25-,26-/m1/s1. The number of aliphatic hydroxyl groups excluding tert-OH is 2. The SMILES string of the molecule is COc1ccc(CCC(=O)c2c(O)cccc2O[C@@H]2O[C@H](CO)[C@@H](O)[C@H](OC(C)=O)[C@H]2OC(C)=O)cc1. The molecular weight excluding hydrogens is 488 g/mol. The minimum absolute atomic E-state index is 0.0349. The molecule has 1 heterocycles. The van der Waals surface area contributed by atoms with Crippen molar-refractivity contribution in [3.63, 3.8) is 0 Å². The van der Waals surface area contributed by atoms with Gasteiger partial charge in [0, 0.05) is 20.3 Å². The summed E-state index contributed by atoms with van der Waals surface area (Å²) in [5.74, 6) is -1.73. The molecule has 0 saturated carbocycles. The first-order chi connectivity index (χ1) is 17.6. The Kier molecular flexibility index (Phi) is 9.45. The summed E-state index contributed by atoms with van der Waals surface area (Å²) in [6, 6.07) is 11.4. The van der Waals surface area contributed by atoms with Crippen molar-refractivity contribution < 1.29 is 53.4 Å². The topological polar surface area (TPSA) is 158 Å². The molecule has 11 nitrogen and oxygen atoms in total. The molecule has 200 valence electrons. The molecular formula is C26H30O11. The van der Waals surface area contributed by atoms with Gasteiger partial charge in [-0.1, -0.05) is 18.2 Å². The first-order valence-electron chi connectivity index (χ1n) is 11.6. The fourth-order valence-corrected chi connectivity index (χ4v) is 3.98. The second-order valence-electron chi connectivity index (χ2n) is 8.40. The number of carbonyl (C=O) groups is 3. The number of hydrogen-bond donors (Lipinski definition) is 3. The summed E-state index contributed by atoms with van der Waals surface area (Å²) < 4.78 is 27.0. The maximum Gasteiger partial charge on any atom is 0.303 e. The Bertz CT molecular complexity index is 1100. The summed E-state index contributed by atoms with van der Waals surface area (Å²) in [6.07, 6.45) is -6.75. The lowest BCUT2D eigenvalue weighted by Crippen LogP contribution is -2.62. The van der Waals surface area contributed by atoms with Crippen LogP contribution >= 0.6 is 0 Å². The molecule has 1 saturated heterocycles. The van der Waals surface area contributed by atoms with E-state index in [9.17, 15) is 29.7 Å². The van der Waals surface area contributed by atoms with Gasteiger partial charge in [-0.15, -0.1) is 0 Å². The summed E-state index contributed by atoms with van der Waals surface area (Å²) in [5.41, 5.74) is 0.749. The normalized spacial score (nSPS) is 23.1. The van der Waals surface area contributed by atoms with Crippen LogP contribution in [-0.4, -0.2) is 77.5 Å². The van der Waals surface area contributed by atoms with Crippen LogP contribution in [0.25, 0.3) is 0 Å². The molecule has 0 bridgehead atoms. The number of hydrogen-bond acceptors (Lipinski definition) is 11. The van der Waals surface area contributed by atoms with E-state index in [4.69, 9.17) is 23.7 Å². The molecule has 5 atom stereocenters. The van der Waals surface area contributed by atoms with E-state index in [2.05, 4.69) is 0 Å². The number of ketones is 1. The lowest BCUT2D eigenvalue weighted by molar-refractivity contribution is -0.285. The maximum absolute atomic E-state index is 13.1. The van der Waals surface area contributed by atoms with E-state index in [1.54, 1.807) is 19.2 Å². The molecule has 2 aromatic carbocycles. The Morgan fingerprint density at radius 2 is 1.62 bits per heavy atom. The zero-order valence-electron chi connectivity index (χ0n) is 20.7. The summed E-state index contributed by atoms with van der Waals surface area (Å²) in [4.78, 5) is 36.6. The van der Waals surface area contributed by atoms with Crippen LogP contribution in [0.2, 0.25) is 0 Å². The molecule has 0 radical (unpaired) electrons. The number of Topliss-reactive ketones (excluding diaryl/α,β-unsaturated/α-hetero) is 1. The van der Waals surface area contributed by atoms with Crippen molar-refractivity contribution in [3.05, 3.63) is 53.6 Å². The van der Waals surface area contributed by atoms with Gasteiger partial charge in [0.05, 0.1) is 13.7 Å². The van der Waals surface area contributed by atoms with Crippen LogP contribution in [-0.2, 0) is 30.2 Å². The van der Waals surface area contributed by atoms with E-state index in [1.807, 2.05) is 12.1 Å². The second kappa shape index (κ2) is 12.5. The van der Waals surface area contributed by atoms with E-state index in [0.717, 1.165) is 19.4 Å². The molecule has 0 spiro atoms. The Morgan fingerprint density at radius 3 is 2.22 bits per heavy atom. The third kappa shape index (κ3) is 6.97. The van der Waals surface area contributed by atoms with Gasteiger partial charge in [0.15, 0.2) is 11.9 Å².